The molecule has 0 aliphatic heterocycles. The lowest BCUT2D eigenvalue weighted by Gasteiger charge is -2.09. The molecule has 3 N–H and O–H groups in total. The number of nitrogen functional groups attached to an aromatic ring is 1. The summed E-state index contributed by atoms with van der Waals surface area (Å²) in [6, 6.07) is 15.0. The molecular weight excluding hydrogens is 248 g/mol. The second-order valence-electron chi connectivity index (χ2n) is 3.85. The predicted molar refractivity (Wildman–Crippen MR) is 76.3 cm³/mol. The molecule has 0 aliphatic carbocycles. The smallest absolute Gasteiger partial charge is 0.119 e. The molecule has 2 aromatic carbocycles. The molecule has 0 fully saturated rings. The van der Waals surface area contributed by atoms with Gasteiger partial charge in [-0.3, -0.25) is 0 Å². The van der Waals surface area contributed by atoms with E-state index in [9.17, 15) is 0 Å². The highest BCUT2D eigenvalue weighted by Crippen LogP contribution is 2.15. The minimum atomic E-state index is 0.580. The van der Waals surface area contributed by atoms with Gasteiger partial charge >= 0.3 is 0 Å². The van der Waals surface area contributed by atoms with Crippen LogP contribution in [0.4, 0.5) is 11.4 Å². The third kappa shape index (κ3) is 3.86. The van der Waals surface area contributed by atoms with Gasteiger partial charge in [0, 0.05) is 22.9 Å². The number of anilines is 2. The van der Waals surface area contributed by atoms with Gasteiger partial charge in [0.1, 0.15) is 12.4 Å². The lowest BCUT2D eigenvalue weighted by molar-refractivity contribution is 0.333. The van der Waals surface area contributed by atoms with Crippen molar-refractivity contribution in [3.63, 3.8) is 0 Å². The standard InChI is InChI=1S/C14H15ClN2O/c15-11-2-1-3-13(10-11)17-8-9-18-14-6-4-12(16)5-7-14/h1-7,10,17H,8-9,16H2. The summed E-state index contributed by atoms with van der Waals surface area (Å²) in [5.74, 6) is 0.817. The van der Waals surface area contributed by atoms with Crippen LogP contribution in [0.3, 0.4) is 0 Å². The number of hydrogen-bond donors (Lipinski definition) is 2. The van der Waals surface area contributed by atoms with E-state index in [1.54, 1.807) is 0 Å². The monoisotopic (exact) mass is 262 g/mol. The molecule has 0 aliphatic rings. The maximum absolute atomic E-state index is 5.89. The number of halogens is 1. The van der Waals surface area contributed by atoms with Crippen LogP contribution in [0.15, 0.2) is 48.5 Å². The Kier molecular flexibility index (Phi) is 4.31. The molecule has 0 saturated heterocycles. The van der Waals surface area contributed by atoms with Gasteiger partial charge in [0.05, 0.1) is 0 Å². The van der Waals surface area contributed by atoms with Crippen LogP contribution in [0.5, 0.6) is 5.75 Å². The number of benzene rings is 2. The highest BCUT2D eigenvalue weighted by molar-refractivity contribution is 6.30. The molecule has 0 bridgehead atoms. The molecule has 94 valence electrons. The zero-order valence-corrected chi connectivity index (χ0v) is 10.7. The van der Waals surface area contributed by atoms with E-state index in [0.717, 1.165) is 22.1 Å². The molecular formula is C14H15ClN2O. The van der Waals surface area contributed by atoms with Gasteiger partial charge in [-0.05, 0) is 42.5 Å². The fourth-order valence-electron chi connectivity index (χ4n) is 1.53. The number of ether oxygens (including phenoxy) is 1. The third-order valence-electron chi connectivity index (χ3n) is 2.40. The first kappa shape index (κ1) is 12.6. The molecule has 0 heterocycles. The van der Waals surface area contributed by atoms with Gasteiger partial charge in [-0.1, -0.05) is 17.7 Å². The Morgan fingerprint density at radius 1 is 1.11 bits per heavy atom. The molecule has 2 rings (SSSR count). The summed E-state index contributed by atoms with van der Waals surface area (Å²) in [6.45, 7) is 1.29. The average Bonchev–Trinajstić information content (AvgIpc) is 2.37. The Morgan fingerprint density at radius 3 is 2.61 bits per heavy atom. The first-order valence-corrected chi connectivity index (χ1v) is 6.09. The van der Waals surface area contributed by atoms with Crippen molar-refractivity contribution in [2.24, 2.45) is 0 Å². The first-order chi connectivity index (χ1) is 8.74. The number of hydrogen-bond acceptors (Lipinski definition) is 3. The van der Waals surface area contributed by atoms with E-state index >= 15 is 0 Å². The Labute approximate surface area is 112 Å². The first-order valence-electron chi connectivity index (χ1n) is 5.72. The Bertz CT molecular complexity index is 499. The van der Waals surface area contributed by atoms with Crippen LogP contribution < -0.4 is 15.8 Å². The lowest BCUT2D eigenvalue weighted by Crippen LogP contribution is -2.11. The number of nitrogens with two attached hydrogens (primary N) is 1. The molecule has 0 unspecified atom stereocenters. The van der Waals surface area contributed by atoms with E-state index in [1.165, 1.54) is 0 Å². The van der Waals surface area contributed by atoms with Gasteiger partial charge in [0.25, 0.3) is 0 Å². The minimum absolute atomic E-state index is 0.580. The average molecular weight is 263 g/mol. The van der Waals surface area contributed by atoms with Gasteiger partial charge in [0.2, 0.25) is 0 Å². The van der Waals surface area contributed by atoms with Crippen molar-refractivity contribution in [3.8, 4) is 5.75 Å². The van der Waals surface area contributed by atoms with Crippen LogP contribution in [0.1, 0.15) is 0 Å². The van der Waals surface area contributed by atoms with Crippen molar-refractivity contribution in [3.05, 3.63) is 53.6 Å². The van der Waals surface area contributed by atoms with Crippen molar-refractivity contribution in [2.45, 2.75) is 0 Å². The van der Waals surface area contributed by atoms with E-state index in [1.807, 2.05) is 48.5 Å². The van der Waals surface area contributed by atoms with Crippen LogP contribution in [-0.2, 0) is 0 Å². The zero-order valence-electron chi connectivity index (χ0n) is 9.90. The normalized spacial score (nSPS) is 10.1. The lowest BCUT2D eigenvalue weighted by atomic mass is 10.3. The Balaban J connectivity index is 1.74. The Hall–Kier alpha value is -1.87. The summed E-state index contributed by atoms with van der Waals surface area (Å²) in [7, 11) is 0. The van der Waals surface area contributed by atoms with Crippen LogP contribution in [0, 0.1) is 0 Å². The topological polar surface area (TPSA) is 47.3 Å². The van der Waals surface area contributed by atoms with Gasteiger partial charge in [0.15, 0.2) is 0 Å². The summed E-state index contributed by atoms with van der Waals surface area (Å²) in [6.07, 6.45) is 0. The number of rotatable bonds is 5. The fraction of sp³-hybridized carbons (Fsp3) is 0.143. The van der Waals surface area contributed by atoms with Gasteiger partial charge < -0.3 is 15.8 Å². The molecule has 0 atom stereocenters. The molecule has 0 radical (unpaired) electrons. The summed E-state index contributed by atoms with van der Waals surface area (Å²) in [4.78, 5) is 0. The molecule has 4 heteroatoms. The molecule has 2 aromatic rings. The zero-order chi connectivity index (χ0) is 12.8. The van der Waals surface area contributed by atoms with E-state index in [4.69, 9.17) is 22.1 Å². The van der Waals surface area contributed by atoms with Crippen molar-refractivity contribution >= 4 is 23.0 Å². The van der Waals surface area contributed by atoms with Crippen LogP contribution in [-0.4, -0.2) is 13.2 Å². The van der Waals surface area contributed by atoms with Crippen molar-refractivity contribution in [1.82, 2.24) is 0 Å². The predicted octanol–water partition coefficient (Wildman–Crippen LogP) is 3.41. The largest absolute Gasteiger partial charge is 0.492 e. The number of nitrogens with one attached hydrogen (secondary N) is 1. The second-order valence-corrected chi connectivity index (χ2v) is 4.29. The highest BCUT2D eigenvalue weighted by atomic mass is 35.5. The SMILES string of the molecule is Nc1ccc(OCCNc2cccc(Cl)c2)cc1. The maximum atomic E-state index is 5.89. The van der Waals surface area contributed by atoms with Crippen LogP contribution >= 0.6 is 11.6 Å². The van der Waals surface area contributed by atoms with Gasteiger partial charge in [-0.25, -0.2) is 0 Å². The molecule has 0 amide bonds. The van der Waals surface area contributed by atoms with Crippen LogP contribution in [0.25, 0.3) is 0 Å². The third-order valence-corrected chi connectivity index (χ3v) is 2.64. The summed E-state index contributed by atoms with van der Waals surface area (Å²) < 4.78 is 5.56. The Morgan fingerprint density at radius 2 is 1.89 bits per heavy atom. The molecule has 0 spiro atoms. The molecule has 0 saturated carbocycles. The maximum Gasteiger partial charge on any atom is 0.119 e. The highest BCUT2D eigenvalue weighted by Gasteiger charge is 1.95. The summed E-state index contributed by atoms with van der Waals surface area (Å²) in [5.41, 5.74) is 7.32. The van der Waals surface area contributed by atoms with Crippen molar-refractivity contribution < 1.29 is 4.74 Å². The minimum Gasteiger partial charge on any atom is -0.492 e. The summed E-state index contributed by atoms with van der Waals surface area (Å²) >= 11 is 5.89. The summed E-state index contributed by atoms with van der Waals surface area (Å²) in [5, 5.41) is 3.95. The van der Waals surface area contributed by atoms with Crippen LogP contribution in [0.2, 0.25) is 5.02 Å². The molecule has 18 heavy (non-hydrogen) atoms. The van der Waals surface area contributed by atoms with Gasteiger partial charge in [-0.2, -0.15) is 0 Å². The van der Waals surface area contributed by atoms with E-state index in [-0.39, 0.29) is 0 Å². The van der Waals surface area contributed by atoms with E-state index < -0.39 is 0 Å². The molecule has 0 aromatic heterocycles. The van der Waals surface area contributed by atoms with Gasteiger partial charge in [-0.15, -0.1) is 0 Å². The second kappa shape index (κ2) is 6.17. The van der Waals surface area contributed by atoms with Crippen molar-refractivity contribution in [2.75, 3.05) is 24.2 Å². The molecule has 3 nitrogen and oxygen atoms in total. The quantitative estimate of drug-likeness (QED) is 0.641. The fourth-order valence-corrected chi connectivity index (χ4v) is 1.72. The van der Waals surface area contributed by atoms with E-state index in [0.29, 0.717) is 13.2 Å². The van der Waals surface area contributed by atoms with Crippen molar-refractivity contribution in [1.29, 1.82) is 0 Å². The van der Waals surface area contributed by atoms with E-state index in [2.05, 4.69) is 5.32 Å².